The Balaban J connectivity index is 2.40. The molecule has 0 aliphatic rings. The fraction of sp³-hybridized carbons (Fsp3) is 0.357. The molecule has 0 amide bonds. The summed E-state index contributed by atoms with van der Waals surface area (Å²) in [6, 6.07) is 6.11. The number of anilines is 2. The lowest BCUT2D eigenvalue weighted by Gasteiger charge is -2.13. The van der Waals surface area contributed by atoms with Crippen molar-refractivity contribution in [2.75, 3.05) is 30.9 Å². The first-order chi connectivity index (χ1) is 9.60. The number of halogens is 1. The van der Waals surface area contributed by atoms with Crippen LogP contribution < -0.4 is 10.2 Å². The minimum Gasteiger partial charge on any atom is -0.354 e. The molecule has 5 nitrogen and oxygen atoms in total. The van der Waals surface area contributed by atoms with Gasteiger partial charge < -0.3 is 10.2 Å². The Bertz CT molecular complexity index is 568. The van der Waals surface area contributed by atoms with E-state index in [1.807, 2.05) is 19.0 Å². The lowest BCUT2D eigenvalue weighted by molar-refractivity contribution is 0.628. The number of benzene rings is 1. The van der Waals surface area contributed by atoms with E-state index in [1.165, 1.54) is 12.1 Å². The van der Waals surface area contributed by atoms with Crippen molar-refractivity contribution in [3.05, 3.63) is 30.1 Å². The van der Waals surface area contributed by atoms with Crippen molar-refractivity contribution in [1.29, 1.82) is 0 Å². The number of nitrogens with zero attached hydrogens (tertiary/aromatic N) is 4. The Kier molecular flexibility index (Phi) is 4.45. The molecule has 0 saturated carbocycles. The number of nitrogens with one attached hydrogen (secondary N) is 1. The summed E-state index contributed by atoms with van der Waals surface area (Å²) in [6.45, 7) is 2.86. The highest BCUT2D eigenvalue weighted by Gasteiger charge is 2.09. The Labute approximate surface area is 117 Å². The monoisotopic (exact) mass is 275 g/mol. The molecule has 0 atom stereocenters. The first-order valence-electron chi connectivity index (χ1n) is 6.53. The Morgan fingerprint density at radius 2 is 1.80 bits per heavy atom. The zero-order valence-corrected chi connectivity index (χ0v) is 11.9. The van der Waals surface area contributed by atoms with Gasteiger partial charge in [-0.05, 0) is 30.7 Å². The van der Waals surface area contributed by atoms with Gasteiger partial charge in [-0.3, -0.25) is 0 Å². The smallest absolute Gasteiger partial charge is 0.230 e. The molecule has 0 aliphatic carbocycles. The lowest BCUT2D eigenvalue weighted by atomic mass is 10.2. The van der Waals surface area contributed by atoms with E-state index < -0.39 is 0 Å². The summed E-state index contributed by atoms with van der Waals surface area (Å²) < 4.78 is 13.0. The van der Waals surface area contributed by atoms with E-state index >= 15 is 0 Å². The molecule has 6 heteroatoms. The fourth-order valence-electron chi connectivity index (χ4n) is 1.61. The number of hydrogen-bond donors (Lipinski definition) is 1. The van der Waals surface area contributed by atoms with Crippen LogP contribution in [0.25, 0.3) is 11.4 Å². The summed E-state index contributed by atoms with van der Waals surface area (Å²) in [6.07, 6.45) is 0.981. The zero-order valence-electron chi connectivity index (χ0n) is 11.9. The molecule has 0 radical (unpaired) electrons. The van der Waals surface area contributed by atoms with E-state index in [1.54, 1.807) is 12.1 Å². The maximum atomic E-state index is 13.0. The van der Waals surface area contributed by atoms with E-state index in [4.69, 9.17) is 0 Å². The molecule has 0 saturated heterocycles. The van der Waals surface area contributed by atoms with Crippen LogP contribution in [0.2, 0.25) is 0 Å². The first-order valence-corrected chi connectivity index (χ1v) is 6.53. The van der Waals surface area contributed by atoms with Crippen molar-refractivity contribution in [3.8, 4) is 11.4 Å². The van der Waals surface area contributed by atoms with Gasteiger partial charge in [-0.25, -0.2) is 4.39 Å². The molecule has 2 aromatic rings. The third kappa shape index (κ3) is 3.40. The van der Waals surface area contributed by atoms with Crippen molar-refractivity contribution in [1.82, 2.24) is 15.0 Å². The van der Waals surface area contributed by atoms with Crippen molar-refractivity contribution in [2.45, 2.75) is 13.3 Å². The second-order valence-corrected chi connectivity index (χ2v) is 4.61. The largest absolute Gasteiger partial charge is 0.354 e. The quantitative estimate of drug-likeness (QED) is 0.909. The van der Waals surface area contributed by atoms with E-state index in [0.29, 0.717) is 17.7 Å². The van der Waals surface area contributed by atoms with Gasteiger partial charge in [0.05, 0.1) is 0 Å². The second-order valence-electron chi connectivity index (χ2n) is 4.61. The highest BCUT2D eigenvalue weighted by Crippen LogP contribution is 2.19. The highest BCUT2D eigenvalue weighted by molar-refractivity contribution is 5.58. The molecule has 0 spiro atoms. The molecule has 2 rings (SSSR count). The molecule has 106 valence electrons. The van der Waals surface area contributed by atoms with Crippen molar-refractivity contribution in [2.24, 2.45) is 0 Å². The van der Waals surface area contributed by atoms with Gasteiger partial charge in [-0.2, -0.15) is 15.0 Å². The predicted octanol–water partition coefficient (Wildman–Crippen LogP) is 2.57. The summed E-state index contributed by atoms with van der Waals surface area (Å²) in [5.74, 6) is 1.35. The molecule has 0 bridgehead atoms. The molecule has 1 aromatic carbocycles. The first kappa shape index (κ1) is 14.2. The van der Waals surface area contributed by atoms with Gasteiger partial charge in [-0.15, -0.1) is 0 Å². The number of aromatic nitrogens is 3. The molecule has 0 aliphatic heterocycles. The summed E-state index contributed by atoms with van der Waals surface area (Å²) in [5.41, 5.74) is 0.761. The Hall–Kier alpha value is -2.24. The number of hydrogen-bond acceptors (Lipinski definition) is 5. The summed E-state index contributed by atoms with van der Waals surface area (Å²) in [5, 5.41) is 3.15. The van der Waals surface area contributed by atoms with Crippen LogP contribution in [-0.4, -0.2) is 35.6 Å². The molecule has 0 unspecified atom stereocenters. The van der Waals surface area contributed by atoms with Crippen molar-refractivity contribution < 1.29 is 4.39 Å². The minimum atomic E-state index is -0.278. The minimum absolute atomic E-state index is 0.278. The van der Waals surface area contributed by atoms with Crippen LogP contribution in [0.15, 0.2) is 24.3 Å². The SMILES string of the molecule is CCCNc1nc(-c2ccc(F)cc2)nc(N(C)C)n1. The maximum absolute atomic E-state index is 13.0. The lowest BCUT2D eigenvalue weighted by Crippen LogP contribution is -2.16. The van der Waals surface area contributed by atoms with Crippen LogP contribution >= 0.6 is 0 Å². The average molecular weight is 275 g/mol. The fourth-order valence-corrected chi connectivity index (χ4v) is 1.61. The highest BCUT2D eigenvalue weighted by atomic mass is 19.1. The van der Waals surface area contributed by atoms with Crippen LogP contribution in [0.3, 0.4) is 0 Å². The third-order valence-corrected chi connectivity index (χ3v) is 2.66. The van der Waals surface area contributed by atoms with Crippen molar-refractivity contribution >= 4 is 11.9 Å². The van der Waals surface area contributed by atoms with Crippen LogP contribution in [0.1, 0.15) is 13.3 Å². The second kappa shape index (κ2) is 6.27. The van der Waals surface area contributed by atoms with Crippen LogP contribution in [0.4, 0.5) is 16.3 Å². The molecule has 1 N–H and O–H groups in total. The third-order valence-electron chi connectivity index (χ3n) is 2.66. The molecule has 0 fully saturated rings. The average Bonchev–Trinajstić information content (AvgIpc) is 2.45. The number of rotatable bonds is 5. The van der Waals surface area contributed by atoms with Gasteiger partial charge in [0.25, 0.3) is 0 Å². The van der Waals surface area contributed by atoms with Gasteiger partial charge in [-0.1, -0.05) is 6.92 Å². The van der Waals surface area contributed by atoms with E-state index in [-0.39, 0.29) is 5.82 Å². The molecule has 20 heavy (non-hydrogen) atoms. The predicted molar refractivity (Wildman–Crippen MR) is 78.3 cm³/mol. The molecule has 1 aromatic heterocycles. The summed E-state index contributed by atoms with van der Waals surface area (Å²) in [7, 11) is 3.74. The van der Waals surface area contributed by atoms with Crippen molar-refractivity contribution in [3.63, 3.8) is 0 Å². The van der Waals surface area contributed by atoms with Gasteiger partial charge in [0.1, 0.15) is 5.82 Å². The maximum Gasteiger partial charge on any atom is 0.230 e. The normalized spacial score (nSPS) is 10.4. The van der Waals surface area contributed by atoms with Gasteiger partial charge >= 0.3 is 0 Å². The van der Waals surface area contributed by atoms with Gasteiger partial charge in [0.2, 0.25) is 11.9 Å². The van der Waals surface area contributed by atoms with Crippen LogP contribution in [-0.2, 0) is 0 Å². The van der Waals surface area contributed by atoms with E-state index in [2.05, 4.69) is 27.2 Å². The summed E-state index contributed by atoms with van der Waals surface area (Å²) in [4.78, 5) is 14.9. The molecular formula is C14H18FN5. The van der Waals surface area contributed by atoms with Crippen LogP contribution in [0, 0.1) is 5.82 Å². The Morgan fingerprint density at radius 3 is 2.40 bits per heavy atom. The summed E-state index contributed by atoms with van der Waals surface area (Å²) >= 11 is 0. The standard InChI is InChI=1S/C14H18FN5/c1-4-9-16-13-17-12(18-14(19-13)20(2)3)10-5-7-11(15)8-6-10/h5-8H,4,9H2,1-3H3,(H,16,17,18,19). The van der Waals surface area contributed by atoms with E-state index in [0.717, 1.165) is 18.5 Å². The Morgan fingerprint density at radius 1 is 1.10 bits per heavy atom. The zero-order chi connectivity index (χ0) is 14.5. The van der Waals surface area contributed by atoms with Crippen LogP contribution in [0.5, 0.6) is 0 Å². The van der Waals surface area contributed by atoms with E-state index in [9.17, 15) is 4.39 Å². The molecular weight excluding hydrogens is 257 g/mol. The van der Waals surface area contributed by atoms with Gasteiger partial charge in [0, 0.05) is 26.2 Å². The molecule has 1 heterocycles. The topological polar surface area (TPSA) is 53.9 Å². The van der Waals surface area contributed by atoms with Gasteiger partial charge in [0.15, 0.2) is 5.82 Å².